The monoisotopic (exact) mass is 225 g/mol. The molecular weight excluding hydrogens is 216 g/mol. The average molecular weight is 225 g/mol. The molecule has 0 unspecified atom stereocenters. The highest BCUT2D eigenvalue weighted by atomic mass is 19.2. The molecule has 0 aliphatic heterocycles. The summed E-state index contributed by atoms with van der Waals surface area (Å²) in [6, 6.07) is 2.98. The van der Waals surface area contributed by atoms with Crippen LogP contribution in [0.1, 0.15) is 18.9 Å². The van der Waals surface area contributed by atoms with Crippen molar-refractivity contribution in [3.05, 3.63) is 35.7 Å². The maximum atomic E-state index is 12.9. The molecule has 0 amide bonds. The molecule has 1 aromatic heterocycles. The number of rotatable bonds is 2. The van der Waals surface area contributed by atoms with Gasteiger partial charge in [0.2, 0.25) is 11.7 Å². The smallest absolute Gasteiger partial charge is 0.243 e. The van der Waals surface area contributed by atoms with Gasteiger partial charge in [0.1, 0.15) is 0 Å². The minimum atomic E-state index is -0.954. The Morgan fingerprint density at radius 3 is 2.62 bits per heavy atom. The third kappa shape index (κ3) is 1.92. The molecule has 16 heavy (non-hydrogen) atoms. The molecule has 1 heterocycles. The van der Waals surface area contributed by atoms with Gasteiger partial charge >= 0.3 is 0 Å². The summed E-state index contributed by atoms with van der Waals surface area (Å²) < 4.78 is 30.5. The zero-order chi connectivity index (χ0) is 11.7. The fourth-order valence-electron chi connectivity index (χ4n) is 1.17. The first-order valence-electron chi connectivity index (χ1n) is 4.62. The maximum Gasteiger partial charge on any atom is 0.243 e. The summed E-state index contributed by atoms with van der Waals surface area (Å²) in [5.74, 6) is -1.43. The van der Waals surface area contributed by atoms with Crippen LogP contribution >= 0.6 is 0 Å². The van der Waals surface area contributed by atoms with Crippen molar-refractivity contribution in [1.82, 2.24) is 10.1 Å². The summed E-state index contributed by atoms with van der Waals surface area (Å²) in [5.41, 5.74) is 5.87. The average Bonchev–Trinajstić information content (AvgIpc) is 2.71. The molecule has 0 spiro atoms. The standard InChI is InChI=1S/C10H9F2N3O/c1-5(13)10-14-9(15-16-10)6-2-3-7(11)8(12)4-6/h2-5H,13H2,1H3/t5-/m0/s1. The second kappa shape index (κ2) is 3.97. The topological polar surface area (TPSA) is 64.9 Å². The van der Waals surface area contributed by atoms with E-state index in [4.69, 9.17) is 10.3 Å². The minimum absolute atomic E-state index is 0.186. The van der Waals surface area contributed by atoms with E-state index in [1.54, 1.807) is 6.92 Å². The molecule has 0 saturated carbocycles. The third-order valence-electron chi connectivity index (χ3n) is 2.01. The molecule has 0 aliphatic rings. The molecule has 0 bridgehead atoms. The molecule has 0 fully saturated rings. The molecule has 84 valence electrons. The first kappa shape index (κ1) is 10.7. The summed E-state index contributed by atoms with van der Waals surface area (Å²) in [5, 5.41) is 3.62. The van der Waals surface area contributed by atoms with Gasteiger partial charge in [-0.05, 0) is 25.1 Å². The zero-order valence-corrected chi connectivity index (χ0v) is 8.45. The van der Waals surface area contributed by atoms with Crippen LogP contribution in [-0.2, 0) is 0 Å². The lowest BCUT2D eigenvalue weighted by atomic mass is 10.2. The van der Waals surface area contributed by atoms with Gasteiger partial charge in [-0.2, -0.15) is 4.98 Å². The van der Waals surface area contributed by atoms with E-state index >= 15 is 0 Å². The van der Waals surface area contributed by atoms with Crippen molar-refractivity contribution in [3.63, 3.8) is 0 Å². The van der Waals surface area contributed by atoms with E-state index in [1.165, 1.54) is 6.07 Å². The number of hydrogen-bond acceptors (Lipinski definition) is 4. The molecule has 2 rings (SSSR count). The Morgan fingerprint density at radius 1 is 1.31 bits per heavy atom. The van der Waals surface area contributed by atoms with Crippen LogP contribution in [0.15, 0.2) is 22.7 Å². The van der Waals surface area contributed by atoms with Gasteiger partial charge in [0.05, 0.1) is 6.04 Å². The van der Waals surface area contributed by atoms with Crippen molar-refractivity contribution >= 4 is 0 Å². The fraction of sp³-hybridized carbons (Fsp3) is 0.200. The number of aromatic nitrogens is 2. The Labute approximate surface area is 90.1 Å². The molecule has 6 heteroatoms. The number of nitrogens with two attached hydrogens (primary N) is 1. The number of benzene rings is 1. The minimum Gasteiger partial charge on any atom is -0.337 e. The van der Waals surface area contributed by atoms with E-state index < -0.39 is 17.7 Å². The van der Waals surface area contributed by atoms with Crippen molar-refractivity contribution in [2.75, 3.05) is 0 Å². The van der Waals surface area contributed by atoms with Gasteiger partial charge in [-0.3, -0.25) is 0 Å². The van der Waals surface area contributed by atoms with Crippen molar-refractivity contribution < 1.29 is 13.3 Å². The fourth-order valence-corrected chi connectivity index (χ4v) is 1.17. The Kier molecular flexibility index (Phi) is 2.66. The number of hydrogen-bond donors (Lipinski definition) is 1. The SMILES string of the molecule is C[C@H](N)c1nc(-c2ccc(F)c(F)c2)no1. The van der Waals surface area contributed by atoms with E-state index in [0.29, 0.717) is 5.56 Å². The Morgan fingerprint density at radius 2 is 2.06 bits per heavy atom. The Bertz CT molecular complexity index is 511. The summed E-state index contributed by atoms with van der Waals surface area (Å²) in [6.07, 6.45) is 0. The van der Waals surface area contributed by atoms with Gasteiger partial charge in [0, 0.05) is 5.56 Å². The van der Waals surface area contributed by atoms with Crippen LogP contribution in [0.25, 0.3) is 11.4 Å². The van der Waals surface area contributed by atoms with Gasteiger partial charge in [-0.25, -0.2) is 8.78 Å². The highest BCUT2D eigenvalue weighted by molar-refractivity contribution is 5.54. The van der Waals surface area contributed by atoms with E-state index in [2.05, 4.69) is 10.1 Å². The molecule has 1 atom stereocenters. The molecule has 0 radical (unpaired) electrons. The van der Waals surface area contributed by atoms with Crippen LogP contribution < -0.4 is 5.73 Å². The molecular formula is C10H9F2N3O. The largest absolute Gasteiger partial charge is 0.337 e. The second-order valence-corrected chi connectivity index (χ2v) is 3.37. The predicted octanol–water partition coefficient (Wildman–Crippen LogP) is 2.03. The molecule has 4 nitrogen and oxygen atoms in total. The van der Waals surface area contributed by atoms with Gasteiger partial charge < -0.3 is 10.3 Å². The zero-order valence-electron chi connectivity index (χ0n) is 8.45. The van der Waals surface area contributed by atoms with Crippen molar-refractivity contribution in [3.8, 4) is 11.4 Å². The molecule has 0 aliphatic carbocycles. The lowest BCUT2D eigenvalue weighted by Gasteiger charge is -1.96. The molecule has 0 saturated heterocycles. The Balaban J connectivity index is 2.39. The summed E-state index contributed by atoms with van der Waals surface area (Å²) >= 11 is 0. The molecule has 1 aromatic carbocycles. The molecule has 2 N–H and O–H groups in total. The Hall–Kier alpha value is -1.82. The quantitative estimate of drug-likeness (QED) is 0.849. The van der Waals surface area contributed by atoms with Crippen LogP contribution in [0.2, 0.25) is 0 Å². The van der Waals surface area contributed by atoms with Gasteiger partial charge in [-0.1, -0.05) is 5.16 Å². The maximum absolute atomic E-state index is 12.9. The van der Waals surface area contributed by atoms with Crippen molar-refractivity contribution in [2.45, 2.75) is 13.0 Å². The van der Waals surface area contributed by atoms with Crippen LogP contribution in [0.5, 0.6) is 0 Å². The van der Waals surface area contributed by atoms with E-state index in [0.717, 1.165) is 12.1 Å². The van der Waals surface area contributed by atoms with E-state index in [1.807, 2.05) is 0 Å². The summed E-state index contributed by atoms with van der Waals surface area (Å²) in [7, 11) is 0. The van der Waals surface area contributed by atoms with Crippen LogP contribution in [0.4, 0.5) is 8.78 Å². The van der Waals surface area contributed by atoms with Crippen LogP contribution in [-0.4, -0.2) is 10.1 Å². The summed E-state index contributed by atoms with van der Waals surface area (Å²) in [4.78, 5) is 3.96. The first-order valence-corrected chi connectivity index (χ1v) is 4.62. The van der Waals surface area contributed by atoms with Crippen molar-refractivity contribution in [2.24, 2.45) is 5.73 Å². The van der Waals surface area contributed by atoms with E-state index in [-0.39, 0.29) is 11.7 Å². The predicted molar refractivity (Wildman–Crippen MR) is 52.3 cm³/mol. The van der Waals surface area contributed by atoms with E-state index in [9.17, 15) is 8.78 Å². The van der Waals surface area contributed by atoms with Gasteiger partial charge in [0.25, 0.3) is 0 Å². The third-order valence-corrected chi connectivity index (χ3v) is 2.01. The van der Waals surface area contributed by atoms with Crippen LogP contribution in [0, 0.1) is 11.6 Å². The highest BCUT2D eigenvalue weighted by Crippen LogP contribution is 2.19. The van der Waals surface area contributed by atoms with Crippen LogP contribution in [0.3, 0.4) is 0 Å². The second-order valence-electron chi connectivity index (χ2n) is 3.37. The first-order chi connectivity index (χ1) is 7.58. The lowest BCUT2D eigenvalue weighted by molar-refractivity contribution is 0.362. The molecule has 2 aromatic rings. The normalized spacial score (nSPS) is 12.8. The van der Waals surface area contributed by atoms with Gasteiger partial charge in [-0.15, -0.1) is 0 Å². The highest BCUT2D eigenvalue weighted by Gasteiger charge is 2.13. The van der Waals surface area contributed by atoms with Crippen molar-refractivity contribution in [1.29, 1.82) is 0 Å². The number of halogens is 2. The number of nitrogens with zero attached hydrogens (tertiary/aromatic N) is 2. The lowest BCUT2D eigenvalue weighted by Crippen LogP contribution is -2.04. The summed E-state index contributed by atoms with van der Waals surface area (Å²) in [6.45, 7) is 1.68. The van der Waals surface area contributed by atoms with Gasteiger partial charge in [0.15, 0.2) is 11.6 Å².